The van der Waals surface area contributed by atoms with Gasteiger partial charge in [0.05, 0.1) is 17.3 Å². The predicted octanol–water partition coefficient (Wildman–Crippen LogP) is 2.98. The van der Waals surface area contributed by atoms with E-state index in [1.165, 1.54) is 18.3 Å². The number of aromatic nitrogens is 2. The monoisotopic (exact) mass is 293 g/mol. The SMILES string of the molecule is O=[N+]([O-])c1cccc(/C=N/Nc2nncc3ccccc23)c1. The lowest BCUT2D eigenvalue weighted by atomic mass is 10.2. The number of nitro benzene ring substituents is 1. The van der Waals surface area contributed by atoms with E-state index in [-0.39, 0.29) is 5.69 Å². The van der Waals surface area contributed by atoms with Gasteiger partial charge in [-0.1, -0.05) is 36.4 Å². The molecule has 0 aliphatic heterocycles. The number of hydrazone groups is 1. The summed E-state index contributed by atoms with van der Waals surface area (Å²) in [7, 11) is 0. The molecule has 0 bridgehead atoms. The van der Waals surface area contributed by atoms with Crippen LogP contribution in [0, 0.1) is 10.1 Å². The van der Waals surface area contributed by atoms with Gasteiger partial charge in [-0.25, -0.2) is 0 Å². The number of nitrogens with zero attached hydrogens (tertiary/aromatic N) is 4. The zero-order valence-corrected chi connectivity index (χ0v) is 11.4. The second-order valence-corrected chi connectivity index (χ2v) is 4.50. The van der Waals surface area contributed by atoms with Gasteiger partial charge in [0.25, 0.3) is 5.69 Å². The van der Waals surface area contributed by atoms with Crippen molar-refractivity contribution in [1.29, 1.82) is 0 Å². The number of anilines is 1. The molecule has 0 saturated carbocycles. The molecule has 1 aromatic heterocycles. The Bertz CT molecular complexity index is 858. The second-order valence-electron chi connectivity index (χ2n) is 4.50. The van der Waals surface area contributed by atoms with Crippen LogP contribution in [-0.4, -0.2) is 21.3 Å². The molecule has 7 nitrogen and oxygen atoms in total. The number of rotatable bonds is 4. The highest BCUT2D eigenvalue weighted by Crippen LogP contribution is 2.19. The first-order valence-corrected chi connectivity index (χ1v) is 6.48. The molecule has 3 rings (SSSR count). The summed E-state index contributed by atoms with van der Waals surface area (Å²) in [6.07, 6.45) is 3.17. The van der Waals surface area contributed by atoms with E-state index in [4.69, 9.17) is 0 Å². The summed E-state index contributed by atoms with van der Waals surface area (Å²) in [6, 6.07) is 13.9. The smallest absolute Gasteiger partial charge is 0.259 e. The van der Waals surface area contributed by atoms with Crippen molar-refractivity contribution in [3.05, 3.63) is 70.4 Å². The number of benzene rings is 2. The first kappa shape index (κ1) is 13.6. The third-order valence-corrected chi connectivity index (χ3v) is 3.04. The number of nitro groups is 1. The van der Waals surface area contributed by atoms with Crippen LogP contribution >= 0.6 is 0 Å². The Morgan fingerprint density at radius 1 is 1.18 bits per heavy atom. The molecule has 1 N–H and O–H groups in total. The van der Waals surface area contributed by atoms with Crippen LogP contribution in [0.1, 0.15) is 5.56 Å². The van der Waals surface area contributed by atoms with Crippen molar-refractivity contribution in [3.8, 4) is 0 Å². The third kappa shape index (κ3) is 2.88. The fourth-order valence-electron chi connectivity index (χ4n) is 2.00. The van der Waals surface area contributed by atoms with Crippen molar-refractivity contribution in [1.82, 2.24) is 10.2 Å². The highest BCUT2D eigenvalue weighted by Gasteiger charge is 2.04. The van der Waals surface area contributed by atoms with Crippen LogP contribution in [0.5, 0.6) is 0 Å². The van der Waals surface area contributed by atoms with E-state index in [0.29, 0.717) is 11.4 Å². The maximum atomic E-state index is 10.7. The Hall–Kier alpha value is -3.35. The number of fused-ring (bicyclic) bond motifs is 1. The van der Waals surface area contributed by atoms with Crippen molar-refractivity contribution < 1.29 is 4.92 Å². The molecule has 0 amide bonds. The minimum atomic E-state index is -0.444. The summed E-state index contributed by atoms with van der Waals surface area (Å²) in [5.74, 6) is 0.528. The molecular weight excluding hydrogens is 282 g/mol. The van der Waals surface area contributed by atoms with Crippen LogP contribution in [-0.2, 0) is 0 Å². The van der Waals surface area contributed by atoms with E-state index >= 15 is 0 Å². The van der Waals surface area contributed by atoms with Gasteiger partial charge in [-0.3, -0.25) is 15.5 Å². The van der Waals surface area contributed by atoms with Crippen molar-refractivity contribution in [2.75, 3.05) is 5.43 Å². The van der Waals surface area contributed by atoms with Crippen LogP contribution in [0.3, 0.4) is 0 Å². The molecule has 1 heterocycles. The molecule has 3 aromatic rings. The molecule has 2 aromatic carbocycles. The van der Waals surface area contributed by atoms with Crippen molar-refractivity contribution >= 4 is 28.5 Å². The van der Waals surface area contributed by atoms with Gasteiger partial charge in [0.15, 0.2) is 5.82 Å². The number of non-ortho nitro benzene ring substituents is 1. The zero-order valence-electron chi connectivity index (χ0n) is 11.4. The number of hydrogen-bond acceptors (Lipinski definition) is 6. The predicted molar refractivity (Wildman–Crippen MR) is 83.9 cm³/mol. The summed E-state index contributed by atoms with van der Waals surface area (Å²) >= 11 is 0. The van der Waals surface area contributed by atoms with Gasteiger partial charge in [0.1, 0.15) is 0 Å². The summed E-state index contributed by atoms with van der Waals surface area (Å²) in [4.78, 5) is 10.3. The largest absolute Gasteiger partial charge is 0.270 e. The van der Waals surface area contributed by atoms with Crippen LogP contribution in [0.4, 0.5) is 11.5 Å². The Morgan fingerprint density at radius 2 is 2.05 bits per heavy atom. The highest BCUT2D eigenvalue weighted by molar-refractivity contribution is 5.91. The lowest BCUT2D eigenvalue weighted by molar-refractivity contribution is -0.384. The van der Waals surface area contributed by atoms with Crippen LogP contribution in [0.2, 0.25) is 0 Å². The molecule has 0 spiro atoms. The van der Waals surface area contributed by atoms with E-state index in [1.807, 2.05) is 24.3 Å². The lowest BCUT2D eigenvalue weighted by Crippen LogP contribution is -1.96. The second kappa shape index (κ2) is 5.96. The quantitative estimate of drug-likeness (QED) is 0.453. The molecule has 22 heavy (non-hydrogen) atoms. The first-order chi connectivity index (χ1) is 10.7. The Kier molecular flexibility index (Phi) is 3.69. The lowest BCUT2D eigenvalue weighted by Gasteiger charge is -2.02. The summed E-state index contributed by atoms with van der Waals surface area (Å²) < 4.78 is 0. The van der Waals surface area contributed by atoms with Crippen molar-refractivity contribution in [2.24, 2.45) is 5.10 Å². The fourth-order valence-corrected chi connectivity index (χ4v) is 2.00. The van der Waals surface area contributed by atoms with Gasteiger partial charge in [0.2, 0.25) is 0 Å². The molecule has 0 atom stereocenters. The van der Waals surface area contributed by atoms with E-state index < -0.39 is 4.92 Å². The maximum absolute atomic E-state index is 10.7. The van der Waals surface area contributed by atoms with Crippen LogP contribution in [0.25, 0.3) is 10.8 Å². The third-order valence-electron chi connectivity index (χ3n) is 3.04. The van der Waals surface area contributed by atoms with E-state index in [9.17, 15) is 10.1 Å². The molecule has 0 unspecified atom stereocenters. The molecular formula is C15H11N5O2. The minimum Gasteiger partial charge on any atom is -0.259 e. The van der Waals surface area contributed by atoms with Crippen LogP contribution < -0.4 is 5.43 Å². The average molecular weight is 293 g/mol. The molecule has 108 valence electrons. The van der Waals surface area contributed by atoms with Gasteiger partial charge >= 0.3 is 0 Å². The summed E-state index contributed by atoms with van der Waals surface area (Å²) in [5, 5.41) is 24.5. The highest BCUT2D eigenvalue weighted by atomic mass is 16.6. The first-order valence-electron chi connectivity index (χ1n) is 6.48. The van der Waals surface area contributed by atoms with E-state index in [0.717, 1.165) is 10.8 Å². The molecule has 0 aliphatic rings. The van der Waals surface area contributed by atoms with Gasteiger partial charge < -0.3 is 0 Å². The van der Waals surface area contributed by atoms with Crippen molar-refractivity contribution in [2.45, 2.75) is 0 Å². The number of hydrogen-bond donors (Lipinski definition) is 1. The van der Waals surface area contributed by atoms with Gasteiger partial charge in [-0.15, -0.1) is 5.10 Å². The Morgan fingerprint density at radius 3 is 2.91 bits per heavy atom. The fraction of sp³-hybridized carbons (Fsp3) is 0. The van der Waals surface area contributed by atoms with E-state index in [2.05, 4.69) is 20.7 Å². The van der Waals surface area contributed by atoms with E-state index in [1.54, 1.807) is 18.3 Å². The zero-order chi connectivity index (χ0) is 15.4. The number of nitrogens with one attached hydrogen (secondary N) is 1. The topological polar surface area (TPSA) is 93.3 Å². The minimum absolute atomic E-state index is 0.0221. The summed E-state index contributed by atoms with van der Waals surface area (Å²) in [6.45, 7) is 0. The average Bonchev–Trinajstić information content (AvgIpc) is 2.55. The standard InChI is InChI=1S/C15H11N5O2/c21-20(22)13-6-3-4-11(8-13)9-16-18-15-14-7-2-1-5-12(14)10-17-19-15/h1-10H,(H,18,19)/b16-9+. The van der Waals surface area contributed by atoms with Gasteiger partial charge in [-0.2, -0.15) is 10.2 Å². The molecule has 0 fully saturated rings. The Labute approximate surface area is 125 Å². The van der Waals surface area contributed by atoms with Gasteiger partial charge in [0, 0.05) is 28.5 Å². The van der Waals surface area contributed by atoms with Crippen molar-refractivity contribution in [3.63, 3.8) is 0 Å². The molecule has 0 saturated heterocycles. The van der Waals surface area contributed by atoms with Crippen LogP contribution in [0.15, 0.2) is 59.8 Å². The van der Waals surface area contributed by atoms with Gasteiger partial charge in [-0.05, 0) is 0 Å². The Balaban J connectivity index is 1.82. The normalized spacial score (nSPS) is 10.9. The molecule has 7 heteroatoms. The molecule has 0 radical (unpaired) electrons. The molecule has 0 aliphatic carbocycles. The summed E-state index contributed by atoms with van der Waals surface area (Å²) in [5.41, 5.74) is 3.45. The maximum Gasteiger partial charge on any atom is 0.270 e.